The molecule has 4 aromatic heterocycles. The monoisotopic (exact) mass is 1110 g/mol. The molecule has 17 aromatic rings. The minimum Gasteiger partial charge on any atom is -0.310 e. The summed E-state index contributed by atoms with van der Waals surface area (Å²) in [5.74, 6) is 0.590. The van der Waals surface area contributed by atoms with Crippen molar-refractivity contribution >= 4 is 124 Å². The number of pyridine rings is 1. The summed E-state index contributed by atoms with van der Waals surface area (Å²) in [6.07, 6.45) is 1.83. The Balaban J connectivity index is 0.876. The minimum absolute atomic E-state index is 0.433. The zero-order valence-electron chi connectivity index (χ0n) is 47.1. The van der Waals surface area contributed by atoms with Crippen molar-refractivity contribution in [3.05, 3.63) is 284 Å². The summed E-state index contributed by atoms with van der Waals surface area (Å²) in [6.45, 7) is 4.89. The summed E-state index contributed by atoms with van der Waals surface area (Å²) >= 11 is 1.85. The van der Waals surface area contributed by atoms with Gasteiger partial charge in [0.1, 0.15) is 0 Å². The van der Waals surface area contributed by atoms with Crippen molar-refractivity contribution in [3.8, 4) is 50.8 Å². The van der Waals surface area contributed by atoms with E-state index in [4.69, 9.17) is 15.0 Å². The first-order chi connectivity index (χ1) is 42.4. The lowest BCUT2D eigenvalue weighted by molar-refractivity contribution is 0.673. The molecule has 0 unspecified atom stereocenters. The van der Waals surface area contributed by atoms with Gasteiger partial charge in [0.15, 0.2) is 0 Å². The molecule has 0 aliphatic heterocycles. The first kappa shape index (κ1) is 48.7. The molecular formula is C80H51N5S. The number of hydrogen-bond donors (Lipinski definition) is 0. The summed E-state index contributed by atoms with van der Waals surface area (Å²) in [5, 5.41) is 17.5. The van der Waals surface area contributed by atoms with Crippen molar-refractivity contribution in [2.75, 3.05) is 4.90 Å². The van der Waals surface area contributed by atoms with E-state index in [1.807, 2.05) is 41.8 Å². The molecule has 18 rings (SSSR count). The fourth-order valence-electron chi connectivity index (χ4n) is 14.5. The molecule has 0 N–H and O–H groups in total. The fraction of sp³-hybridized carbons (Fsp3) is 0.0375. The average Bonchev–Trinajstić information content (AvgIpc) is 1.53. The molecule has 0 saturated heterocycles. The first-order valence-corrected chi connectivity index (χ1v) is 30.3. The summed E-state index contributed by atoms with van der Waals surface area (Å²) in [7, 11) is 0. The van der Waals surface area contributed by atoms with Crippen LogP contribution in [0.5, 0.6) is 0 Å². The van der Waals surface area contributed by atoms with Gasteiger partial charge in [0.05, 0.1) is 28.1 Å². The van der Waals surface area contributed by atoms with Gasteiger partial charge < -0.3 is 4.90 Å². The van der Waals surface area contributed by atoms with Crippen LogP contribution in [0.1, 0.15) is 25.0 Å². The van der Waals surface area contributed by atoms with Crippen LogP contribution in [0.2, 0.25) is 0 Å². The number of rotatable bonds is 7. The molecule has 6 heteroatoms. The Morgan fingerprint density at radius 2 is 0.930 bits per heavy atom. The van der Waals surface area contributed by atoms with Crippen LogP contribution in [0.3, 0.4) is 0 Å². The maximum absolute atomic E-state index is 5.50. The number of thiophene rings is 1. The number of benzene rings is 13. The SMILES string of the molecule is CC1(C)c2c(ccc3c4ccccc4c4ccccc4c23)-c2ccc3c(c21)c1cc(-c2cccc(N(c4ccc5cc6ccccc6cc5c4)c4ccc5c(c4)sc4ccccc45)c2)ccc1n3-c1nc(-c2ccccc2)cc(-c2ccccn2)n1. The Labute approximate surface area is 500 Å². The second-order valence-electron chi connectivity index (χ2n) is 23.5. The van der Waals surface area contributed by atoms with Gasteiger partial charge in [-0.3, -0.25) is 9.55 Å². The maximum Gasteiger partial charge on any atom is 0.235 e. The Kier molecular flexibility index (Phi) is 10.5. The Bertz CT molecular complexity index is 5610. The third kappa shape index (κ3) is 7.33. The molecule has 0 atom stereocenters. The molecule has 0 saturated carbocycles. The number of anilines is 3. The zero-order valence-corrected chi connectivity index (χ0v) is 47.9. The topological polar surface area (TPSA) is 46.8 Å². The van der Waals surface area contributed by atoms with Crippen LogP contribution < -0.4 is 4.90 Å². The third-order valence-electron chi connectivity index (χ3n) is 18.3. The molecule has 13 aromatic carbocycles. The third-order valence-corrected chi connectivity index (χ3v) is 19.4. The highest BCUT2D eigenvalue weighted by atomic mass is 32.1. The van der Waals surface area contributed by atoms with Gasteiger partial charge in [-0.25, -0.2) is 9.97 Å². The number of nitrogens with zero attached hydrogens (tertiary/aromatic N) is 5. The van der Waals surface area contributed by atoms with Crippen LogP contribution in [-0.4, -0.2) is 19.5 Å². The molecule has 0 bridgehead atoms. The molecule has 0 spiro atoms. The van der Waals surface area contributed by atoms with Crippen LogP contribution in [0, 0.1) is 0 Å². The Morgan fingerprint density at radius 1 is 0.349 bits per heavy atom. The maximum atomic E-state index is 5.50. The van der Waals surface area contributed by atoms with Crippen LogP contribution in [0.25, 0.3) is 147 Å². The second-order valence-corrected chi connectivity index (χ2v) is 24.6. The molecule has 0 radical (unpaired) electrons. The number of hydrogen-bond acceptors (Lipinski definition) is 5. The highest BCUT2D eigenvalue weighted by molar-refractivity contribution is 7.25. The zero-order chi connectivity index (χ0) is 56.8. The molecule has 5 nitrogen and oxygen atoms in total. The normalized spacial score (nSPS) is 12.9. The fourth-order valence-corrected chi connectivity index (χ4v) is 15.6. The van der Waals surface area contributed by atoms with Gasteiger partial charge in [0, 0.05) is 65.2 Å². The van der Waals surface area contributed by atoms with Crippen LogP contribution in [0.15, 0.2) is 273 Å². The van der Waals surface area contributed by atoms with E-state index in [0.717, 1.165) is 67.3 Å². The number of aromatic nitrogens is 4. The van der Waals surface area contributed by atoms with Crippen molar-refractivity contribution in [1.82, 2.24) is 19.5 Å². The highest BCUT2D eigenvalue weighted by Crippen LogP contribution is 2.57. The van der Waals surface area contributed by atoms with Gasteiger partial charge in [-0.15, -0.1) is 11.3 Å². The van der Waals surface area contributed by atoms with Crippen LogP contribution in [0.4, 0.5) is 17.1 Å². The second kappa shape index (κ2) is 18.6. The van der Waals surface area contributed by atoms with Gasteiger partial charge in [-0.05, 0) is 178 Å². The van der Waals surface area contributed by atoms with E-state index >= 15 is 0 Å². The lowest BCUT2D eigenvalue weighted by Gasteiger charge is -2.26. The molecular weight excluding hydrogens is 1060 g/mol. The van der Waals surface area contributed by atoms with Crippen molar-refractivity contribution in [3.63, 3.8) is 0 Å². The van der Waals surface area contributed by atoms with Gasteiger partial charge >= 0.3 is 0 Å². The summed E-state index contributed by atoms with van der Waals surface area (Å²) in [5.41, 5.74) is 15.7. The van der Waals surface area contributed by atoms with E-state index in [1.54, 1.807) is 0 Å². The lowest BCUT2D eigenvalue weighted by atomic mass is 9.77. The smallest absolute Gasteiger partial charge is 0.235 e. The van der Waals surface area contributed by atoms with Gasteiger partial charge in [0.25, 0.3) is 0 Å². The summed E-state index contributed by atoms with van der Waals surface area (Å²) < 4.78 is 4.86. The van der Waals surface area contributed by atoms with E-state index in [9.17, 15) is 0 Å². The van der Waals surface area contributed by atoms with Crippen molar-refractivity contribution in [1.29, 1.82) is 0 Å². The first-order valence-electron chi connectivity index (χ1n) is 29.5. The van der Waals surface area contributed by atoms with Gasteiger partial charge in [-0.2, -0.15) is 0 Å². The summed E-state index contributed by atoms with van der Waals surface area (Å²) in [4.78, 5) is 18.2. The van der Waals surface area contributed by atoms with E-state index in [-0.39, 0.29) is 0 Å². The van der Waals surface area contributed by atoms with Gasteiger partial charge in [0.2, 0.25) is 5.95 Å². The van der Waals surface area contributed by atoms with Crippen molar-refractivity contribution in [2.45, 2.75) is 19.3 Å². The van der Waals surface area contributed by atoms with E-state index < -0.39 is 5.41 Å². The predicted octanol–water partition coefficient (Wildman–Crippen LogP) is 21.9. The standard InChI is InChI=1S/C80H51N5S/c1-80(2)77-65(36-35-64-60-25-9-8-23-58(60)59-24-10-11-27-63(59)75(64)77)66-37-39-72-76(78(66)80)67-45-53(31-38-71(67)85(72)79-82-69(48-17-4-3-5-18-48)47-70(83-79)68-28-14-15-40-81-68)51-21-16-22-55(43-51)84(57-33-34-62-61-26-12-13-29-73(61)86-74(62)46-57)56-32-30-52-41-49-19-6-7-20-50(49)42-54(52)44-56/h3-47H,1-2H3. The van der Waals surface area contributed by atoms with E-state index in [1.165, 1.54) is 102 Å². The summed E-state index contributed by atoms with van der Waals surface area (Å²) in [6, 6.07) is 97.9. The van der Waals surface area contributed by atoms with Gasteiger partial charge in [-0.1, -0.05) is 190 Å². The van der Waals surface area contributed by atoms with E-state index in [2.05, 4.69) is 266 Å². The Morgan fingerprint density at radius 3 is 1.73 bits per heavy atom. The van der Waals surface area contributed by atoms with Crippen LogP contribution >= 0.6 is 11.3 Å². The molecule has 1 aliphatic carbocycles. The van der Waals surface area contributed by atoms with Crippen molar-refractivity contribution < 1.29 is 0 Å². The molecule has 402 valence electrons. The largest absolute Gasteiger partial charge is 0.310 e. The van der Waals surface area contributed by atoms with Crippen molar-refractivity contribution in [2.24, 2.45) is 0 Å². The quantitative estimate of drug-likeness (QED) is 0.118. The molecule has 4 heterocycles. The van der Waals surface area contributed by atoms with E-state index in [0.29, 0.717) is 5.95 Å². The van der Waals surface area contributed by atoms with Crippen LogP contribution in [-0.2, 0) is 5.41 Å². The minimum atomic E-state index is -0.433. The lowest BCUT2D eigenvalue weighted by Crippen LogP contribution is -2.16. The predicted molar refractivity (Wildman–Crippen MR) is 363 cm³/mol. The molecule has 0 fully saturated rings. The highest BCUT2D eigenvalue weighted by Gasteiger charge is 2.40. The number of fused-ring (bicyclic) bond motifs is 19. The molecule has 0 amide bonds. The average molecular weight is 1110 g/mol. The molecule has 86 heavy (non-hydrogen) atoms. The Hall–Kier alpha value is -10.8. The molecule has 1 aliphatic rings.